The molecule has 3 nitrogen and oxygen atoms in total. The second-order valence-corrected chi connectivity index (χ2v) is 5.67. The molecule has 0 bridgehead atoms. The fourth-order valence-corrected chi connectivity index (χ4v) is 2.60. The summed E-state index contributed by atoms with van der Waals surface area (Å²) in [6.07, 6.45) is 3.88. The standard InChI is InChI=1S/C21H25NO2/c1-4-13-22(14-5-2)16-19-11-12-20(21(15-19)23-3)24-17-18-9-7-6-8-10-18/h4-12,15H,1-2,13-14,16-17H2,3H3/p+1. The van der Waals surface area contributed by atoms with Crippen molar-refractivity contribution in [3.8, 4) is 11.5 Å². The molecule has 0 saturated carbocycles. The number of benzene rings is 2. The smallest absolute Gasteiger partial charge is 0.161 e. The van der Waals surface area contributed by atoms with E-state index in [1.807, 2.05) is 54.6 Å². The number of nitrogens with one attached hydrogen (secondary N) is 1. The highest BCUT2D eigenvalue weighted by atomic mass is 16.5. The van der Waals surface area contributed by atoms with E-state index >= 15 is 0 Å². The van der Waals surface area contributed by atoms with E-state index in [1.165, 1.54) is 10.5 Å². The van der Waals surface area contributed by atoms with Crippen LogP contribution in [0.4, 0.5) is 0 Å². The minimum Gasteiger partial charge on any atom is -0.493 e. The van der Waals surface area contributed by atoms with Gasteiger partial charge in [0.25, 0.3) is 0 Å². The Bertz CT molecular complexity index is 642. The molecule has 0 aliphatic heterocycles. The second-order valence-electron chi connectivity index (χ2n) is 5.67. The van der Waals surface area contributed by atoms with Crippen molar-refractivity contribution in [1.29, 1.82) is 0 Å². The molecule has 3 heteroatoms. The van der Waals surface area contributed by atoms with Gasteiger partial charge in [-0.2, -0.15) is 0 Å². The van der Waals surface area contributed by atoms with Crippen LogP contribution in [0.5, 0.6) is 11.5 Å². The zero-order valence-electron chi connectivity index (χ0n) is 14.3. The molecule has 1 N–H and O–H groups in total. The van der Waals surface area contributed by atoms with Crippen LogP contribution in [-0.4, -0.2) is 20.2 Å². The Labute approximate surface area is 144 Å². The monoisotopic (exact) mass is 324 g/mol. The highest BCUT2D eigenvalue weighted by Gasteiger charge is 2.10. The van der Waals surface area contributed by atoms with Crippen molar-refractivity contribution < 1.29 is 14.4 Å². The lowest BCUT2D eigenvalue weighted by molar-refractivity contribution is -0.902. The second kappa shape index (κ2) is 9.58. The first-order valence-electron chi connectivity index (χ1n) is 8.15. The summed E-state index contributed by atoms with van der Waals surface area (Å²) in [4.78, 5) is 1.39. The van der Waals surface area contributed by atoms with Gasteiger partial charge in [0.15, 0.2) is 11.5 Å². The van der Waals surface area contributed by atoms with Crippen LogP contribution >= 0.6 is 0 Å². The van der Waals surface area contributed by atoms with E-state index in [0.29, 0.717) is 6.61 Å². The van der Waals surface area contributed by atoms with E-state index in [4.69, 9.17) is 9.47 Å². The predicted molar refractivity (Wildman–Crippen MR) is 98.6 cm³/mol. The average Bonchev–Trinajstić information content (AvgIpc) is 2.62. The maximum atomic E-state index is 5.90. The molecule has 0 amide bonds. The van der Waals surface area contributed by atoms with Gasteiger partial charge < -0.3 is 14.4 Å². The molecule has 0 radical (unpaired) electrons. The first-order valence-corrected chi connectivity index (χ1v) is 8.15. The Morgan fingerprint density at radius 1 is 0.917 bits per heavy atom. The number of hydrogen-bond donors (Lipinski definition) is 1. The lowest BCUT2D eigenvalue weighted by Gasteiger charge is -2.17. The molecular formula is C21H26NO2+. The Hall–Kier alpha value is -2.52. The van der Waals surface area contributed by atoms with Crippen molar-refractivity contribution in [2.24, 2.45) is 0 Å². The van der Waals surface area contributed by atoms with Crippen LogP contribution in [-0.2, 0) is 13.2 Å². The summed E-state index contributed by atoms with van der Waals surface area (Å²) in [5.74, 6) is 1.53. The van der Waals surface area contributed by atoms with E-state index in [-0.39, 0.29) is 0 Å². The van der Waals surface area contributed by atoms with Crippen LogP contribution in [0.1, 0.15) is 11.1 Å². The summed E-state index contributed by atoms with van der Waals surface area (Å²) < 4.78 is 11.4. The summed E-state index contributed by atoms with van der Waals surface area (Å²) in [5.41, 5.74) is 2.34. The molecule has 0 fully saturated rings. The van der Waals surface area contributed by atoms with E-state index in [2.05, 4.69) is 19.2 Å². The highest BCUT2D eigenvalue weighted by Crippen LogP contribution is 2.28. The summed E-state index contributed by atoms with van der Waals surface area (Å²) >= 11 is 0. The summed E-state index contributed by atoms with van der Waals surface area (Å²) in [6.45, 7) is 10.9. The largest absolute Gasteiger partial charge is 0.493 e. The van der Waals surface area contributed by atoms with E-state index in [1.54, 1.807) is 7.11 Å². The first-order chi connectivity index (χ1) is 11.8. The van der Waals surface area contributed by atoms with Gasteiger partial charge in [0.1, 0.15) is 13.2 Å². The van der Waals surface area contributed by atoms with Crippen LogP contribution in [0.25, 0.3) is 0 Å². The van der Waals surface area contributed by atoms with Crippen LogP contribution in [0, 0.1) is 0 Å². The van der Waals surface area contributed by atoms with Crippen LogP contribution < -0.4 is 14.4 Å². The van der Waals surface area contributed by atoms with E-state index in [0.717, 1.165) is 36.7 Å². The van der Waals surface area contributed by atoms with Crippen LogP contribution in [0.15, 0.2) is 73.8 Å². The van der Waals surface area contributed by atoms with E-state index in [9.17, 15) is 0 Å². The zero-order valence-corrected chi connectivity index (χ0v) is 14.3. The van der Waals surface area contributed by atoms with Gasteiger partial charge in [0.05, 0.1) is 20.2 Å². The summed E-state index contributed by atoms with van der Waals surface area (Å²) in [5, 5.41) is 0. The lowest BCUT2D eigenvalue weighted by Crippen LogP contribution is -3.10. The maximum Gasteiger partial charge on any atom is 0.161 e. The van der Waals surface area contributed by atoms with Crippen molar-refractivity contribution in [1.82, 2.24) is 0 Å². The molecule has 0 aliphatic rings. The fraction of sp³-hybridized carbons (Fsp3) is 0.238. The van der Waals surface area contributed by atoms with Gasteiger partial charge in [-0.25, -0.2) is 0 Å². The van der Waals surface area contributed by atoms with Gasteiger partial charge in [-0.15, -0.1) is 0 Å². The Kier molecular flexibility index (Phi) is 7.12. The molecule has 2 aromatic carbocycles. The van der Waals surface area contributed by atoms with Gasteiger partial charge in [-0.1, -0.05) is 43.5 Å². The number of rotatable bonds is 10. The van der Waals surface area contributed by atoms with Crippen molar-refractivity contribution in [2.45, 2.75) is 13.2 Å². The molecule has 0 aliphatic carbocycles. The normalized spacial score (nSPS) is 10.4. The van der Waals surface area contributed by atoms with Crippen LogP contribution in [0.3, 0.4) is 0 Å². The average molecular weight is 324 g/mol. The van der Waals surface area contributed by atoms with Crippen molar-refractivity contribution in [2.75, 3.05) is 20.2 Å². The Balaban J connectivity index is 2.06. The van der Waals surface area contributed by atoms with Gasteiger partial charge in [0.2, 0.25) is 0 Å². The molecule has 24 heavy (non-hydrogen) atoms. The number of quaternary nitrogens is 1. The molecule has 2 rings (SSSR count). The summed E-state index contributed by atoms with van der Waals surface area (Å²) in [6, 6.07) is 16.2. The first kappa shape index (κ1) is 17.8. The minimum absolute atomic E-state index is 0.529. The molecule has 0 heterocycles. The minimum atomic E-state index is 0.529. The van der Waals surface area contributed by atoms with Crippen molar-refractivity contribution in [3.63, 3.8) is 0 Å². The van der Waals surface area contributed by atoms with Gasteiger partial charge in [-0.05, 0) is 35.9 Å². The Morgan fingerprint density at radius 2 is 1.62 bits per heavy atom. The lowest BCUT2D eigenvalue weighted by atomic mass is 10.2. The third-order valence-electron chi connectivity index (χ3n) is 3.79. The molecule has 0 atom stereocenters. The highest BCUT2D eigenvalue weighted by molar-refractivity contribution is 5.42. The topological polar surface area (TPSA) is 22.9 Å². The molecule has 0 unspecified atom stereocenters. The number of methoxy groups -OCH3 is 1. The molecule has 0 saturated heterocycles. The van der Waals surface area contributed by atoms with Crippen molar-refractivity contribution in [3.05, 3.63) is 85.0 Å². The van der Waals surface area contributed by atoms with Gasteiger partial charge in [0, 0.05) is 5.56 Å². The number of ether oxygens (including phenoxy) is 2. The molecular weight excluding hydrogens is 298 g/mol. The third kappa shape index (κ3) is 5.28. The van der Waals surface area contributed by atoms with E-state index < -0.39 is 0 Å². The maximum absolute atomic E-state index is 5.90. The Morgan fingerprint density at radius 3 is 2.25 bits per heavy atom. The predicted octanol–water partition coefficient (Wildman–Crippen LogP) is 3.03. The van der Waals surface area contributed by atoms with Crippen LogP contribution in [0.2, 0.25) is 0 Å². The SMILES string of the molecule is C=CC[NH+](CC=C)Cc1ccc(OCc2ccccc2)c(OC)c1. The van der Waals surface area contributed by atoms with Gasteiger partial charge in [-0.3, -0.25) is 0 Å². The third-order valence-corrected chi connectivity index (χ3v) is 3.79. The molecule has 2 aromatic rings. The molecule has 0 spiro atoms. The quantitative estimate of drug-likeness (QED) is 0.679. The fourth-order valence-electron chi connectivity index (χ4n) is 2.60. The molecule has 126 valence electrons. The zero-order chi connectivity index (χ0) is 17.2. The van der Waals surface area contributed by atoms with Gasteiger partial charge >= 0.3 is 0 Å². The molecule has 0 aromatic heterocycles. The summed E-state index contributed by atoms with van der Waals surface area (Å²) in [7, 11) is 1.67. The number of hydrogen-bond acceptors (Lipinski definition) is 2. The van der Waals surface area contributed by atoms with Crippen molar-refractivity contribution >= 4 is 0 Å².